The summed E-state index contributed by atoms with van der Waals surface area (Å²) >= 11 is 0. The van der Waals surface area contributed by atoms with Crippen LogP contribution in [0.3, 0.4) is 0 Å². The lowest BCUT2D eigenvalue weighted by molar-refractivity contribution is 1.27. The van der Waals surface area contributed by atoms with Crippen LogP contribution in [-0.2, 0) is 0 Å². The van der Waals surface area contributed by atoms with Crippen molar-refractivity contribution < 1.29 is 0 Å². The van der Waals surface area contributed by atoms with Gasteiger partial charge in [0, 0.05) is 12.2 Å². The van der Waals surface area contributed by atoms with Crippen molar-refractivity contribution in [1.29, 1.82) is 0 Å². The average Bonchev–Trinajstić information content (AvgIpc) is 2.38. The zero-order valence-electron chi connectivity index (χ0n) is 11.0. The molecule has 0 aliphatic heterocycles. The van der Waals surface area contributed by atoms with Crippen LogP contribution in [0.5, 0.6) is 0 Å². The Bertz CT molecular complexity index is 506. The summed E-state index contributed by atoms with van der Waals surface area (Å²) in [5, 5.41) is 3.46. The normalized spacial score (nSPS) is 10.8. The van der Waals surface area contributed by atoms with Crippen LogP contribution < -0.4 is 5.32 Å². The van der Waals surface area contributed by atoms with Gasteiger partial charge in [0.15, 0.2) is 0 Å². The minimum Gasteiger partial charge on any atom is -0.381 e. The Kier molecular flexibility index (Phi) is 4.19. The van der Waals surface area contributed by atoms with Crippen LogP contribution in [0.4, 0.5) is 5.69 Å². The molecule has 0 saturated carbocycles. The molecule has 0 atom stereocenters. The highest BCUT2D eigenvalue weighted by molar-refractivity contribution is 5.58. The molecule has 0 spiro atoms. The smallest absolute Gasteiger partial charge is 0.0402 e. The summed E-state index contributed by atoms with van der Waals surface area (Å²) in [6.45, 7) is 5.12. The van der Waals surface area contributed by atoms with Crippen molar-refractivity contribution in [2.45, 2.75) is 13.8 Å². The average molecular weight is 237 g/mol. The summed E-state index contributed by atoms with van der Waals surface area (Å²) in [5.41, 5.74) is 5.07. The Morgan fingerprint density at radius 1 is 0.889 bits per heavy atom. The molecule has 1 N–H and O–H groups in total. The molecule has 2 aromatic rings. The van der Waals surface area contributed by atoms with Gasteiger partial charge in [0.25, 0.3) is 0 Å². The molecule has 0 aromatic heterocycles. The molecule has 0 fully saturated rings. The molecule has 2 rings (SSSR count). The van der Waals surface area contributed by atoms with Crippen molar-refractivity contribution >= 4 is 11.8 Å². The van der Waals surface area contributed by atoms with Crippen molar-refractivity contribution in [3.05, 3.63) is 71.3 Å². The third-order valence-corrected chi connectivity index (χ3v) is 2.99. The van der Waals surface area contributed by atoms with E-state index in [4.69, 9.17) is 0 Å². The second-order valence-electron chi connectivity index (χ2n) is 4.46. The Hall–Kier alpha value is -2.02. The maximum Gasteiger partial charge on any atom is 0.0402 e. The van der Waals surface area contributed by atoms with Crippen LogP contribution in [0.1, 0.15) is 16.7 Å². The number of anilines is 1. The molecule has 0 unspecified atom stereocenters. The summed E-state index contributed by atoms with van der Waals surface area (Å²) in [4.78, 5) is 0. The molecule has 0 amide bonds. The van der Waals surface area contributed by atoms with Gasteiger partial charge in [0.05, 0.1) is 0 Å². The fourth-order valence-electron chi connectivity index (χ4n) is 2.01. The van der Waals surface area contributed by atoms with Crippen molar-refractivity contribution in [3.8, 4) is 0 Å². The monoisotopic (exact) mass is 237 g/mol. The number of aryl methyl sites for hydroxylation is 2. The molecule has 1 heteroatoms. The SMILES string of the molecule is Cc1cccc(C)c1NC/C=C/c1ccccc1. The second kappa shape index (κ2) is 6.06. The Labute approximate surface area is 109 Å². The molecule has 0 heterocycles. The molecule has 0 radical (unpaired) electrons. The molecule has 2 aromatic carbocycles. The van der Waals surface area contributed by atoms with Gasteiger partial charge in [-0.1, -0.05) is 60.7 Å². The van der Waals surface area contributed by atoms with E-state index in [1.54, 1.807) is 0 Å². The van der Waals surface area contributed by atoms with E-state index in [9.17, 15) is 0 Å². The Morgan fingerprint density at radius 3 is 2.22 bits per heavy atom. The van der Waals surface area contributed by atoms with Crippen molar-refractivity contribution in [2.75, 3.05) is 11.9 Å². The number of hydrogen-bond acceptors (Lipinski definition) is 1. The third kappa shape index (κ3) is 3.24. The van der Waals surface area contributed by atoms with Gasteiger partial charge in [0.1, 0.15) is 0 Å². The van der Waals surface area contributed by atoms with Gasteiger partial charge in [0.2, 0.25) is 0 Å². The van der Waals surface area contributed by atoms with E-state index in [2.05, 4.69) is 73.8 Å². The summed E-state index contributed by atoms with van der Waals surface area (Å²) in [7, 11) is 0. The van der Waals surface area contributed by atoms with Crippen molar-refractivity contribution in [2.24, 2.45) is 0 Å². The summed E-state index contributed by atoms with van der Waals surface area (Å²) in [6.07, 6.45) is 4.29. The van der Waals surface area contributed by atoms with E-state index in [0.29, 0.717) is 0 Å². The van der Waals surface area contributed by atoms with Crippen LogP contribution in [0.25, 0.3) is 6.08 Å². The number of hydrogen-bond donors (Lipinski definition) is 1. The number of rotatable bonds is 4. The van der Waals surface area contributed by atoms with E-state index in [1.165, 1.54) is 22.4 Å². The third-order valence-electron chi connectivity index (χ3n) is 2.99. The molecule has 0 aliphatic carbocycles. The fourth-order valence-corrected chi connectivity index (χ4v) is 2.01. The lowest BCUT2D eigenvalue weighted by Crippen LogP contribution is -2.01. The lowest BCUT2D eigenvalue weighted by Gasteiger charge is -2.10. The summed E-state index contributed by atoms with van der Waals surface area (Å²) in [5.74, 6) is 0. The van der Waals surface area contributed by atoms with Crippen molar-refractivity contribution in [3.63, 3.8) is 0 Å². The molecular formula is C17H19N. The van der Waals surface area contributed by atoms with Gasteiger partial charge in [-0.05, 0) is 30.5 Å². The maximum atomic E-state index is 3.46. The predicted molar refractivity (Wildman–Crippen MR) is 79.9 cm³/mol. The summed E-state index contributed by atoms with van der Waals surface area (Å²) < 4.78 is 0. The van der Waals surface area contributed by atoms with Gasteiger partial charge in [-0.3, -0.25) is 0 Å². The minimum atomic E-state index is 0.848. The minimum absolute atomic E-state index is 0.848. The van der Waals surface area contributed by atoms with Crippen LogP contribution in [0, 0.1) is 13.8 Å². The zero-order valence-corrected chi connectivity index (χ0v) is 11.0. The Balaban J connectivity index is 1.95. The lowest BCUT2D eigenvalue weighted by atomic mass is 10.1. The molecule has 92 valence electrons. The number of benzene rings is 2. The molecular weight excluding hydrogens is 218 g/mol. The first-order valence-corrected chi connectivity index (χ1v) is 6.29. The van der Waals surface area contributed by atoms with Crippen LogP contribution in [-0.4, -0.2) is 6.54 Å². The van der Waals surface area contributed by atoms with Gasteiger partial charge in [-0.25, -0.2) is 0 Å². The van der Waals surface area contributed by atoms with Crippen molar-refractivity contribution in [1.82, 2.24) is 0 Å². The van der Waals surface area contributed by atoms with Gasteiger partial charge in [-0.2, -0.15) is 0 Å². The standard InChI is InChI=1S/C17H19N/c1-14-8-6-9-15(2)17(14)18-13-7-12-16-10-4-3-5-11-16/h3-12,18H,13H2,1-2H3/b12-7+. The molecule has 18 heavy (non-hydrogen) atoms. The zero-order chi connectivity index (χ0) is 12.8. The van der Waals surface area contributed by atoms with E-state index in [-0.39, 0.29) is 0 Å². The molecule has 0 bridgehead atoms. The van der Waals surface area contributed by atoms with Crippen LogP contribution in [0.2, 0.25) is 0 Å². The highest BCUT2D eigenvalue weighted by atomic mass is 14.9. The summed E-state index contributed by atoms with van der Waals surface area (Å²) in [6, 6.07) is 16.7. The van der Waals surface area contributed by atoms with Crippen LogP contribution in [0.15, 0.2) is 54.6 Å². The fraction of sp³-hybridized carbons (Fsp3) is 0.176. The van der Waals surface area contributed by atoms with Gasteiger partial charge >= 0.3 is 0 Å². The van der Waals surface area contributed by atoms with E-state index in [0.717, 1.165) is 6.54 Å². The number of nitrogens with one attached hydrogen (secondary N) is 1. The van der Waals surface area contributed by atoms with Gasteiger partial charge < -0.3 is 5.32 Å². The molecule has 0 saturated heterocycles. The highest BCUT2D eigenvalue weighted by Gasteiger charge is 1.98. The topological polar surface area (TPSA) is 12.0 Å². The molecule has 0 aliphatic rings. The quantitative estimate of drug-likeness (QED) is 0.829. The second-order valence-corrected chi connectivity index (χ2v) is 4.46. The first kappa shape index (κ1) is 12.4. The first-order chi connectivity index (χ1) is 8.77. The highest BCUT2D eigenvalue weighted by Crippen LogP contribution is 2.18. The van der Waals surface area contributed by atoms with E-state index in [1.807, 2.05) is 6.07 Å². The number of para-hydroxylation sites is 1. The first-order valence-electron chi connectivity index (χ1n) is 6.29. The largest absolute Gasteiger partial charge is 0.381 e. The van der Waals surface area contributed by atoms with E-state index >= 15 is 0 Å². The van der Waals surface area contributed by atoms with E-state index < -0.39 is 0 Å². The maximum absolute atomic E-state index is 3.46. The predicted octanol–water partition coefficient (Wildman–Crippen LogP) is 4.43. The Morgan fingerprint density at radius 2 is 1.56 bits per heavy atom. The van der Waals surface area contributed by atoms with Gasteiger partial charge in [-0.15, -0.1) is 0 Å². The molecule has 1 nitrogen and oxygen atoms in total. The van der Waals surface area contributed by atoms with Crippen LogP contribution >= 0.6 is 0 Å².